The molecule has 1 fully saturated rings. The molecule has 0 aromatic heterocycles. The normalized spacial score (nSPS) is 19.5. The molecule has 0 radical (unpaired) electrons. The Morgan fingerprint density at radius 1 is 1.58 bits per heavy atom. The number of benzene rings is 1. The zero-order chi connectivity index (χ0) is 14.0. The van der Waals surface area contributed by atoms with Gasteiger partial charge in [0.15, 0.2) is 0 Å². The van der Waals surface area contributed by atoms with Crippen LogP contribution in [0.25, 0.3) is 0 Å². The van der Waals surface area contributed by atoms with E-state index in [2.05, 4.69) is 0 Å². The maximum Gasteiger partial charge on any atom is 0.320 e. The lowest BCUT2D eigenvalue weighted by Gasteiger charge is -2.21. The molecule has 0 saturated carbocycles. The van der Waals surface area contributed by atoms with Crippen LogP contribution in [0.5, 0.6) is 0 Å². The van der Waals surface area contributed by atoms with Crippen molar-refractivity contribution in [2.24, 2.45) is 0 Å². The third-order valence-corrected chi connectivity index (χ3v) is 3.27. The monoisotopic (exact) mass is 268 g/mol. The van der Waals surface area contributed by atoms with Crippen molar-refractivity contribution < 1.29 is 19.2 Å². The van der Waals surface area contributed by atoms with Gasteiger partial charge in [-0.3, -0.25) is 19.8 Å². The summed E-state index contributed by atoms with van der Waals surface area (Å²) in [4.78, 5) is 22.5. The second-order valence-corrected chi connectivity index (χ2v) is 4.50. The maximum absolute atomic E-state index is 13.7. The van der Waals surface area contributed by atoms with E-state index in [1.54, 1.807) is 4.90 Å². The van der Waals surface area contributed by atoms with Gasteiger partial charge in [-0.25, -0.2) is 4.39 Å². The third kappa shape index (κ3) is 2.87. The molecule has 0 spiro atoms. The second kappa shape index (κ2) is 5.31. The van der Waals surface area contributed by atoms with Crippen LogP contribution in [-0.4, -0.2) is 33.5 Å². The summed E-state index contributed by atoms with van der Waals surface area (Å²) >= 11 is 0. The lowest BCUT2D eigenvalue weighted by molar-refractivity contribution is -0.385. The third-order valence-electron chi connectivity index (χ3n) is 3.27. The van der Waals surface area contributed by atoms with Crippen molar-refractivity contribution in [1.82, 2.24) is 4.90 Å². The van der Waals surface area contributed by atoms with E-state index in [-0.39, 0.29) is 17.8 Å². The highest BCUT2D eigenvalue weighted by atomic mass is 19.1. The van der Waals surface area contributed by atoms with E-state index < -0.39 is 22.8 Å². The van der Waals surface area contributed by atoms with Crippen molar-refractivity contribution in [1.29, 1.82) is 0 Å². The fraction of sp³-hybridized carbons (Fsp3) is 0.417. The van der Waals surface area contributed by atoms with Gasteiger partial charge in [-0.2, -0.15) is 0 Å². The molecular formula is C12H13FN2O4. The molecule has 1 aliphatic rings. The van der Waals surface area contributed by atoms with Crippen LogP contribution in [0.4, 0.5) is 10.1 Å². The SMILES string of the molecule is O=C(O)[C@@H]1CCCN1Cc1ccc([N+](=O)[O-])cc1F. The summed E-state index contributed by atoms with van der Waals surface area (Å²) in [7, 11) is 0. The second-order valence-electron chi connectivity index (χ2n) is 4.50. The summed E-state index contributed by atoms with van der Waals surface area (Å²) in [5.74, 6) is -1.59. The van der Waals surface area contributed by atoms with E-state index >= 15 is 0 Å². The molecule has 1 N–H and O–H groups in total. The first-order chi connectivity index (χ1) is 8.99. The molecule has 0 bridgehead atoms. The molecule has 102 valence electrons. The van der Waals surface area contributed by atoms with Gasteiger partial charge in [0.1, 0.15) is 11.9 Å². The number of hydrogen-bond donors (Lipinski definition) is 1. The minimum Gasteiger partial charge on any atom is -0.480 e. The van der Waals surface area contributed by atoms with Gasteiger partial charge < -0.3 is 5.11 Å². The number of aliphatic carboxylic acids is 1. The number of hydrogen-bond acceptors (Lipinski definition) is 4. The number of nitro benzene ring substituents is 1. The maximum atomic E-state index is 13.7. The zero-order valence-electron chi connectivity index (χ0n) is 10.1. The largest absolute Gasteiger partial charge is 0.480 e. The van der Waals surface area contributed by atoms with Crippen LogP contribution in [0, 0.1) is 15.9 Å². The van der Waals surface area contributed by atoms with Crippen LogP contribution in [0.2, 0.25) is 0 Å². The Morgan fingerprint density at radius 3 is 2.89 bits per heavy atom. The van der Waals surface area contributed by atoms with Gasteiger partial charge in [0.25, 0.3) is 5.69 Å². The van der Waals surface area contributed by atoms with Gasteiger partial charge in [-0.15, -0.1) is 0 Å². The lowest BCUT2D eigenvalue weighted by atomic mass is 10.1. The number of halogens is 1. The molecule has 1 aromatic carbocycles. The number of nitro groups is 1. The average Bonchev–Trinajstić information content (AvgIpc) is 2.79. The topological polar surface area (TPSA) is 83.7 Å². The van der Waals surface area contributed by atoms with Gasteiger partial charge in [0.05, 0.1) is 11.0 Å². The van der Waals surface area contributed by atoms with Crippen molar-refractivity contribution in [2.45, 2.75) is 25.4 Å². The highest BCUT2D eigenvalue weighted by Crippen LogP contribution is 2.23. The van der Waals surface area contributed by atoms with Crippen molar-refractivity contribution in [2.75, 3.05) is 6.54 Å². The quantitative estimate of drug-likeness (QED) is 0.664. The molecule has 2 rings (SSSR count). The fourth-order valence-electron chi connectivity index (χ4n) is 2.29. The predicted octanol–water partition coefficient (Wildman–Crippen LogP) is 1.78. The van der Waals surface area contributed by atoms with E-state index in [9.17, 15) is 19.3 Å². The van der Waals surface area contributed by atoms with Gasteiger partial charge in [0.2, 0.25) is 0 Å². The summed E-state index contributed by atoms with van der Waals surface area (Å²) in [6.07, 6.45) is 1.30. The van der Waals surface area contributed by atoms with Gasteiger partial charge in [-0.05, 0) is 25.5 Å². The number of carboxylic acids is 1. The fourth-order valence-corrected chi connectivity index (χ4v) is 2.29. The van der Waals surface area contributed by atoms with Gasteiger partial charge in [-0.1, -0.05) is 0 Å². The molecule has 19 heavy (non-hydrogen) atoms. The summed E-state index contributed by atoms with van der Waals surface area (Å²) in [5, 5.41) is 19.5. The Labute approximate surface area is 108 Å². The van der Waals surface area contributed by atoms with Crippen molar-refractivity contribution in [3.05, 3.63) is 39.7 Å². The van der Waals surface area contributed by atoms with E-state index in [0.717, 1.165) is 12.5 Å². The smallest absolute Gasteiger partial charge is 0.320 e. The number of carbonyl (C=O) groups is 1. The van der Waals surface area contributed by atoms with Crippen LogP contribution in [0.3, 0.4) is 0 Å². The lowest BCUT2D eigenvalue weighted by Crippen LogP contribution is -2.35. The minimum atomic E-state index is -0.917. The molecule has 1 aliphatic heterocycles. The molecule has 1 aromatic rings. The number of non-ortho nitro benzene ring substituents is 1. The van der Waals surface area contributed by atoms with Gasteiger partial charge in [0, 0.05) is 18.2 Å². The van der Waals surface area contributed by atoms with Crippen molar-refractivity contribution in [3.8, 4) is 0 Å². The van der Waals surface area contributed by atoms with Crippen LogP contribution >= 0.6 is 0 Å². The molecular weight excluding hydrogens is 255 g/mol. The molecule has 6 nitrogen and oxygen atoms in total. The van der Waals surface area contributed by atoms with Crippen LogP contribution in [0.1, 0.15) is 18.4 Å². The van der Waals surface area contributed by atoms with Crippen molar-refractivity contribution in [3.63, 3.8) is 0 Å². The zero-order valence-corrected chi connectivity index (χ0v) is 10.1. The Balaban J connectivity index is 2.15. The van der Waals surface area contributed by atoms with E-state index in [1.807, 2.05) is 0 Å². The Morgan fingerprint density at radius 2 is 2.32 bits per heavy atom. The summed E-state index contributed by atoms with van der Waals surface area (Å²) in [6.45, 7) is 0.744. The molecule has 1 heterocycles. The molecule has 1 saturated heterocycles. The molecule has 7 heteroatoms. The molecule has 0 amide bonds. The Hall–Kier alpha value is -2.02. The minimum absolute atomic E-state index is 0.154. The van der Waals surface area contributed by atoms with Crippen LogP contribution in [-0.2, 0) is 11.3 Å². The van der Waals surface area contributed by atoms with Crippen LogP contribution < -0.4 is 0 Å². The Kier molecular flexibility index (Phi) is 3.75. The highest BCUT2D eigenvalue weighted by Gasteiger charge is 2.30. The molecule has 0 aliphatic carbocycles. The Bertz CT molecular complexity index is 520. The van der Waals surface area contributed by atoms with Gasteiger partial charge >= 0.3 is 5.97 Å². The summed E-state index contributed by atoms with van der Waals surface area (Å²) in [5.41, 5.74) is -0.0313. The first-order valence-electron chi connectivity index (χ1n) is 5.88. The molecule has 1 atom stereocenters. The molecule has 0 unspecified atom stereocenters. The predicted molar refractivity (Wildman–Crippen MR) is 64.1 cm³/mol. The van der Waals surface area contributed by atoms with E-state index in [4.69, 9.17) is 5.11 Å². The van der Waals surface area contributed by atoms with Crippen LogP contribution in [0.15, 0.2) is 18.2 Å². The number of rotatable bonds is 4. The first kappa shape index (κ1) is 13.4. The standard InChI is InChI=1S/C12H13FN2O4/c13-10-6-9(15(18)19)4-3-8(10)7-14-5-1-2-11(14)12(16)17/h3-4,6,11H,1-2,5,7H2,(H,16,17)/t11-/m0/s1. The van der Waals surface area contributed by atoms with Crippen molar-refractivity contribution >= 4 is 11.7 Å². The van der Waals surface area contributed by atoms with E-state index in [0.29, 0.717) is 13.0 Å². The summed E-state index contributed by atoms with van der Waals surface area (Å²) in [6, 6.07) is 2.82. The number of carboxylic acid groups (broad SMARTS) is 1. The highest BCUT2D eigenvalue weighted by molar-refractivity contribution is 5.73. The van der Waals surface area contributed by atoms with E-state index in [1.165, 1.54) is 12.1 Å². The average molecular weight is 268 g/mol. The first-order valence-corrected chi connectivity index (χ1v) is 5.88. The number of nitrogens with zero attached hydrogens (tertiary/aromatic N) is 2. The summed E-state index contributed by atoms with van der Waals surface area (Å²) < 4.78 is 13.7. The number of likely N-dealkylation sites (tertiary alicyclic amines) is 1.